The third kappa shape index (κ3) is 3.28. The predicted molar refractivity (Wildman–Crippen MR) is 102 cm³/mol. The van der Waals surface area contributed by atoms with Crippen molar-refractivity contribution >= 4 is 11.3 Å². The highest BCUT2D eigenvalue weighted by atomic mass is 32.1. The number of hydrogen-bond acceptors (Lipinski definition) is 4. The van der Waals surface area contributed by atoms with Gasteiger partial charge in [0.25, 0.3) is 0 Å². The standard InChI is InChI=1S/C20H28N2OS/c1-19(2,3)16-8-6-15(7-9-16)17-14-24-18(21-17)20(22(4)5)10-12-23-13-11-20/h6-9,14H,10-13H2,1-5H3. The molecule has 0 N–H and O–H groups in total. The van der Waals surface area contributed by atoms with Gasteiger partial charge in [-0.3, -0.25) is 4.90 Å². The van der Waals surface area contributed by atoms with Crippen molar-refractivity contribution in [2.24, 2.45) is 0 Å². The van der Waals surface area contributed by atoms with E-state index in [9.17, 15) is 0 Å². The molecule has 2 aromatic rings. The number of thiazole rings is 1. The number of aromatic nitrogens is 1. The summed E-state index contributed by atoms with van der Waals surface area (Å²) in [5.74, 6) is 0. The summed E-state index contributed by atoms with van der Waals surface area (Å²) in [7, 11) is 4.31. The Morgan fingerprint density at radius 3 is 2.25 bits per heavy atom. The molecule has 130 valence electrons. The Labute approximate surface area is 149 Å². The summed E-state index contributed by atoms with van der Waals surface area (Å²) in [6.45, 7) is 8.36. The van der Waals surface area contributed by atoms with Gasteiger partial charge in [0.05, 0.1) is 11.2 Å². The van der Waals surface area contributed by atoms with Gasteiger partial charge in [0.15, 0.2) is 0 Å². The van der Waals surface area contributed by atoms with Crippen LogP contribution in [0.4, 0.5) is 0 Å². The Morgan fingerprint density at radius 1 is 1.08 bits per heavy atom. The average molecular weight is 345 g/mol. The third-order valence-electron chi connectivity index (χ3n) is 5.12. The maximum atomic E-state index is 5.58. The smallest absolute Gasteiger partial charge is 0.114 e. The molecule has 2 heterocycles. The van der Waals surface area contributed by atoms with E-state index in [4.69, 9.17) is 9.72 Å². The van der Waals surface area contributed by atoms with E-state index >= 15 is 0 Å². The van der Waals surface area contributed by atoms with Gasteiger partial charge in [-0.2, -0.15) is 0 Å². The Bertz CT molecular complexity index is 676. The number of nitrogens with zero attached hydrogens (tertiary/aromatic N) is 2. The van der Waals surface area contributed by atoms with Gasteiger partial charge in [-0.25, -0.2) is 4.98 Å². The van der Waals surface area contributed by atoms with Crippen molar-refractivity contribution in [3.63, 3.8) is 0 Å². The highest BCUT2D eigenvalue weighted by molar-refractivity contribution is 7.10. The maximum absolute atomic E-state index is 5.58. The minimum atomic E-state index is 0.0204. The van der Waals surface area contributed by atoms with Crippen LogP contribution in [0.5, 0.6) is 0 Å². The van der Waals surface area contributed by atoms with Gasteiger partial charge in [0.1, 0.15) is 5.01 Å². The molecule has 0 amide bonds. The molecule has 0 saturated carbocycles. The normalized spacial score (nSPS) is 18.1. The molecule has 0 spiro atoms. The zero-order valence-corrected chi connectivity index (χ0v) is 16.2. The zero-order valence-electron chi connectivity index (χ0n) is 15.4. The fourth-order valence-electron chi connectivity index (χ4n) is 3.32. The van der Waals surface area contributed by atoms with E-state index in [1.54, 1.807) is 11.3 Å². The van der Waals surface area contributed by atoms with Crippen LogP contribution in [0.15, 0.2) is 29.6 Å². The molecule has 3 rings (SSSR count). The molecule has 0 atom stereocenters. The summed E-state index contributed by atoms with van der Waals surface area (Å²) in [6, 6.07) is 8.85. The molecular formula is C20H28N2OS. The van der Waals surface area contributed by atoms with Crippen LogP contribution in [0.3, 0.4) is 0 Å². The van der Waals surface area contributed by atoms with Gasteiger partial charge >= 0.3 is 0 Å². The number of rotatable bonds is 3. The fourth-order valence-corrected chi connectivity index (χ4v) is 4.49. The van der Waals surface area contributed by atoms with Crippen LogP contribution in [0.1, 0.15) is 44.2 Å². The molecule has 4 heteroatoms. The highest BCUT2D eigenvalue weighted by Crippen LogP contribution is 2.39. The van der Waals surface area contributed by atoms with Crippen molar-refractivity contribution in [3.05, 3.63) is 40.2 Å². The maximum Gasteiger partial charge on any atom is 0.114 e. The summed E-state index contributed by atoms with van der Waals surface area (Å²) in [4.78, 5) is 7.33. The summed E-state index contributed by atoms with van der Waals surface area (Å²) < 4.78 is 5.58. The largest absolute Gasteiger partial charge is 0.381 e. The molecule has 1 saturated heterocycles. The lowest BCUT2D eigenvalue weighted by Crippen LogP contribution is -2.45. The minimum absolute atomic E-state index is 0.0204. The van der Waals surface area contributed by atoms with E-state index in [1.165, 1.54) is 16.1 Å². The summed E-state index contributed by atoms with van der Waals surface area (Å²) in [6.07, 6.45) is 2.02. The SMILES string of the molecule is CN(C)C1(c2nc(-c3ccc(C(C)(C)C)cc3)cs2)CCOCC1. The Kier molecular flexibility index (Phi) is 4.82. The summed E-state index contributed by atoms with van der Waals surface area (Å²) in [5, 5.41) is 3.41. The lowest BCUT2D eigenvalue weighted by atomic mass is 9.86. The Balaban J connectivity index is 1.90. The van der Waals surface area contributed by atoms with Crippen molar-refractivity contribution in [1.82, 2.24) is 9.88 Å². The van der Waals surface area contributed by atoms with Gasteiger partial charge in [-0.15, -0.1) is 11.3 Å². The van der Waals surface area contributed by atoms with Crippen LogP contribution in [0.25, 0.3) is 11.3 Å². The first-order valence-electron chi connectivity index (χ1n) is 8.65. The van der Waals surface area contributed by atoms with Crippen molar-refractivity contribution < 1.29 is 4.74 Å². The molecule has 1 aromatic carbocycles. The number of ether oxygens (including phenoxy) is 1. The van der Waals surface area contributed by atoms with Gasteiger partial charge in [-0.1, -0.05) is 45.0 Å². The van der Waals surface area contributed by atoms with Crippen LogP contribution in [-0.2, 0) is 15.7 Å². The molecule has 1 aromatic heterocycles. The van der Waals surface area contributed by atoms with E-state index in [0.29, 0.717) is 0 Å². The molecule has 0 aliphatic carbocycles. The summed E-state index contributed by atoms with van der Waals surface area (Å²) >= 11 is 1.78. The lowest BCUT2D eigenvalue weighted by Gasteiger charge is -2.41. The fraction of sp³-hybridized carbons (Fsp3) is 0.550. The minimum Gasteiger partial charge on any atom is -0.381 e. The molecule has 1 aliphatic heterocycles. The van der Waals surface area contributed by atoms with Gasteiger partial charge in [0.2, 0.25) is 0 Å². The molecule has 24 heavy (non-hydrogen) atoms. The quantitative estimate of drug-likeness (QED) is 0.809. The number of hydrogen-bond donors (Lipinski definition) is 0. The van der Waals surface area contributed by atoms with Gasteiger partial charge in [0, 0.05) is 24.2 Å². The molecule has 1 aliphatic rings. The topological polar surface area (TPSA) is 25.4 Å². The second kappa shape index (κ2) is 6.58. The Morgan fingerprint density at radius 2 is 1.71 bits per heavy atom. The van der Waals surface area contributed by atoms with E-state index < -0.39 is 0 Å². The van der Waals surface area contributed by atoms with Crippen molar-refractivity contribution in [2.45, 2.75) is 44.6 Å². The first-order chi connectivity index (χ1) is 11.3. The Hall–Kier alpha value is -1.23. The zero-order chi connectivity index (χ0) is 17.4. The van der Waals surface area contributed by atoms with E-state index in [2.05, 4.69) is 69.4 Å². The van der Waals surface area contributed by atoms with E-state index in [-0.39, 0.29) is 11.0 Å². The van der Waals surface area contributed by atoms with Gasteiger partial charge in [-0.05, 0) is 37.9 Å². The second-order valence-corrected chi connectivity index (χ2v) is 8.76. The van der Waals surface area contributed by atoms with Crippen LogP contribution < -0.4 is 0 Å². The first kappa shape index (κ1) is 17.6. The van der Waals surface area contributed by atoms with Crippen LogP contribution in [-0.4, -0.2) is 37.2 Å². The van der Waals surface area contributed by atoms with Crippen molar-refractivity contribution in [2.75, 3.05) is 27.3 Å². The lowest BCUT2D eigenvalue weighted by molar-refractivity contribution is -0.0106. The summed E-state index contributed by atoms with van der Waals surface area (Å²) in [5.41, 5.74) is 3.85. The van der Waals surface area contributed by atoms with Crippen LogP contribution in [0.2, 0.25) is 0 Å². The predicted octanol–water partition coefficient (Wildman–Crippen LogP) is 4.67. The molecule has 0 radical (unpaired) electrons. The molecule has 1 fully saturated rings. The van der Waals surface area contributed by atoms with Crippen LogP contribution in [0, 0.1) is 0 Å². The first-order valence-corrected chi connectivity index (χ1v) is 9.53. The molecule has 3 nitrogen and oxygen atoms in total. The molecular weight excluding hydrogens is 316 g/mol. The molecule has 0 unspecified atom stereocenters. The molecule has 0 bridgehead atoms. The van der Waals surface area contributed by atoms with Crippen LogP contribution >= 0.6 is 11.3 Å². The third-order valence-corrected chi connectivity index (χ3v) is 6.16. The average Bonchev–Trinajstić information content (AvgIpc) is 3.05. The highest BCUT2D eigenvalue weighted by Gasteiger charge is 2.39. The second-order valence-electron chi connectivity index (χ2n) is 7.90. The van der Waals surface area contributed by atoms with E-state index in [0.717, 1.165) is 31.7 Å². The van der Waals surface area contributed by atoms with Crippen molar-refractivity contribution in [3.8, 4) is 11.3 Å². The number of benzene rings is 1. The monoisotopic (exact) mass is 344 g/mol. The van der Waals surface area contributed by atoms with E-state index in [1.807, 2.05) is 0 Å². The van der Waals surface area contributed by atoms with Gasteiger partial charge < -0.3 is 4.74 Å². The van der Waals surface area contributed by atoms with Crippen molar-refractivity contribution in [1.29, 1.82) is 0 Å².